The Labute approximate surface area is 176 Å². The highest BCUT2D eigenvalue weighted by molar-refractivity contribution is 5.94. The summed E-state index contributed by atoms with van der Waals surface area (Å²) < 4.78 is 7.32. The highest BCUT2D eigenvalue weighted by Crippen LogP contribution is 2.25. The molecule has 1 aromatic carbocycles. The molecule has 3 heterocycles. The number of amides is 1. The average Bonchev–Trinajstić information content (AvgIpc) is 3.32. The van der Waals surface area contributed by atoms with Crippen LogP contribution in [0.3, 0.4) is 0 Å². The fraction of sp³-hybridized carbons (Fsp3) is 0.409. The molecule has 4 rings (SSSR count). The molecule has 0 atom stereocenters. The standard InChI is InChI=1S/C22H28N6O2/c1-4-23-22(29)21-18-12-27(13-19-15(2)24-14-25-19)9-8-20(18)28(26-21)11-16-6-5-7-17(10-16)30-3/h5-7,10,14H,4,8-9,11-13H2,1-3H3,(H,23,29)(H,24,25). The highest BCUT2D eigenvalue weighted by Gasteiger charge is 2.28. The summed E-state index contributed by atoms with van der Waals surface area (Å²) >= 11 is 0. The van der Waals surface area contributed by atoms with Crippen molar-refractivity contribution in [2.75, 3.05) is 20.2 Å². The largest absolute Gasteiger partial charge is 0.497 e. The monoisotopic (exact) mass is 408 g/mol. The van der Waals surface area contributed by atoms with Crippen molar-refractivity contribution in [1.29, 1.82) is 0 Å². The lowest BCUT2D eigenvalue weighted by Crippen LogP contribution is -2.32. The Hall–Kier alpha value is -3.13. The van der Waals surface area contributed by atoms with Gasteiger partial charge in [-0.3, -0.25) is 14.4 Å². The third-order valence-electron chi connectivity index (χ3n) is 5.54. The second-order valence-corrected chi connectivity index (χ2v) is 7.58. The number of benzene rings is 1. The van der Waals surface area contributed by atoms with Crippen molar-refractivity contribution in [3.63, 3.8) is 0 Å². The van der Waals surface area contributed by atoms with E-state index in [2.05, 4.69) is 26.3 Å². The predicted molar refractivity (Wildman–Crippen MR) is 113 cm³/mol. The first-order chi connectivity index (χ1) is 14.6. The summed E-state index contributed by atoms with van der Waals surface area (Å²) in [4.78, 5) is 22.6. The second-order valence-electron chi connectivity index (χ2n) is 7.58. The van der Waals surface area contributed by atoms with Crippen LogP contribution in [0.15, 0.2) is 30.6 Å². The van der Waals surface area contributed by atoms with Gasteiger partial charge in [0.1, 0.15) is 5.75 Å². The normalized spacial score (nSPS) is 13.8. The Bertz CT molecular complexity index is 1040. The molecule has 2 N–H and O–H groups in total. The summed E-state index contributed by atoms with van der Waals surface area (Å²) in [5.74, 6) is 0.703. The third-order valence-corrected chi connectivity index (χ3v) is 5.54. The fourth-order valence-corrected chi connectivity index (χ4v) is 3.94. The molecule has 0 aliphatic carbocycles. The molecule has 30 heavy (non-hydrogen) atoms. The zero-order valence-corrected chi connectivity index (χ0v) is 17.7. The highest BCUT2D eigenvalue weighted by atomic mass is 16.5. The number of nitrogens with zero attached hydrogens (tertiary/aromatic N) is 4. The van der Waals surface area contributed by atoms with Crippen molar-refractivity contribution >= 4 is 5.91 Å². The molecule has 1 aliphatic heterocycles. The van der Waals surface area contributed by atoms with E-state index in [-0.39, 0.29) is 5.91 Å². The summed E-state index contributed by atoms with van der Waals surface area (Å²) in [6, 6.07) is 7.97. The van der Waals surface area contributed by atoms with Crippen LogP contribution in [0, 0.1) is 6.92 Å². The van der Waals surface area contributed by atoms with Crippen LogP contribution in [0.4, 0.5) is 0 Å². The molecule has 3 aromatic rings. The summed E-state index contributed by atoms with van der Waals surface area (Å²) in [6.07, 6.45) is 2.57. The number of ether oxygens (including phenoxy) is 1. The van der Waals surface area contributed by atoms with Gasteiger partial charge in [-0.1, -0.05) is 12.1 Å². The molecule has 0 spiro atoms. The van der Waals surface area contributed by atoms with E-state index in [0.717, 1.165) is 53.5 Å². The van der Waals surface area contributed by atoms with Gasteiger partial charge in [-0.15, -0.1) is 0 Å². The fourth-order valence-electron chi connectivity index (χ4n) is 3.94. The van der Waals surface area contributed by atoms with Crippen molar-refractivity contribution in [3.05, 3.63) is 64.5 Å². The smallest absolute Gasteiger partial charge is 0.272 e. The third kappa shape index (κ3) is 4.09. The van der Waals surface area contributed by atoms with E-state index in [9.17, 15) is 4.79 Å². The molecular weight excluding hydrogens is 380 g/mol. The molecule has 0 saturated carbocycles. The minimum atomic E-state index is -0.115. The lowest BCUT2D eigenvalue weighted by Gasteiger charge is -2.27. The number of hydrogen-bond donors (Lipinski definition) is 2. The Kier molecular flexibility index (Phi) is 5.85. The van der Waals surface area contributed by atoms with E-state index in [1.54, 1.807) is 13.4 Å². The number of aromatic nitrogens is 4. The summed E-state index contributed by atoms with van der Waals surface area (Å²) in [7, 11) is 1.66. The molecule has 1 amide bonds. The molecule has 0 fully saturated rings. The van der Waals surface area contributed by atoms with E-state index < -0.39 is 0 Å². The van der Waals surface area contributed by atoms with Crippen molar-refractivity contribution in [3.8, 4) is 5.75 Å². The first-order valence-corrected chi connectivity index (χ1v) is 10.3. The van der Waals surface area contributed by atoms with Gasteiger partial charge in [-0.25, -0.2) is 4.98 Å². The lowest BCUT2D eigenvalue weighted by molar-refractivity contribution is 0.0947. The Morgan fingerprint density at radius 2 is 2.20 bits per heavy atom. The Morgan fingerprint density at radius 1 is 1.33 bits per heavy atom. The molecule has 0 radical (unpaired) electrons. The zero-order chi connectivity index (χ0) is 21.1. The van der Waals surface area contributed by atoms with Gasteiger partial charge in [0.25, 0.3) is 5.91 Å². The molecule has 2 aromatic heterocycles. The minimum absolute atomic E-state index is 0.115. The second kappa shape index (κ2) is 8.71. The number of carbonyl (C=O) groups excluding carboxylic acids is 1. The minimum Gasteiger partial charge on any atom is -0.497 e. The molecule has 8 heteroatoms. The molecule has 0 saturated heterocycles. The number of methoxy groups -OCH3 is 1. The van der Waals surface area contributed by atoms with Gasteiger partial charge >= 0.3 is 0 Å². The number of aryl methyl sites for hydroxylation is 1. The van der Waals surface area contributed by atoms with Gasteiger partial charge in [0, 0.05) is 49.6 Å². The number of fused-ring (bicyclic) bond motifs is 1. The molecule has 0 bridgehead atoms. The molecular formula is C22H28N6O2. The van der Waals surface area contributed by atoms with Crippen LogP contribution in [-0.2, 0) is 26.1 Å². The summed E-state index contributed by atoms with van der Waals surface area (Å²) in [5.41, 5.74) is 5.90. The van der Waals surface area contributed by atoms with Gasteiger partial charge in [-0.05, 0) is 31.5 Å². The first-order valence-electron chi connectivity index (χ1n) is 10.3. The van der Waals surface area contributed by atoms with Crippen molar-refractivity contribution in [1.82, 2.24) is 30.0 Å². The maximum absolute atomic E-state index is 12.7. The molecule has 0 unspecified atom stereocenters. The van der Waals surface area contributed by atoms with E-state index in [0.29, 0.717) is 25.3 Å². The zero-order valence-electron chi connectivity index (χ0n) is 17.7. The van der Waals surface area contributed by atoms with Crippen LogP contribution in [0.1, 0.15) is 45.6 Å². The maximum Gasteiger partial charge on any atom is 0.272 e. The van der Waals surface area contributed by atoms with Crippen molar-refractivity contribution < 1.29 is 9.53 Å². The van der Waals surface area contributed by atoms with E-state index in [4.69, 9.17) is 9.84 Å². The van der Waals surface area contributed by atoms with Crippen LogP contribution in [0.2, 0.25) is 0 Å². The number of imidazole rings is 1. The molecule has 8 nitrogen and oxygen atoms in total. The number of nitrogens with one attached hydrogen (secondary N) is 2. The van der Waals surface area contributed by atoms with Crippen LogP contribution in [0.25, 0.3) is 0 Å². The van der Waals surface area contributed by atoms with Gasteiger partial charge in [0.05, 0.1) is 25.7 Å². The molecule has 1 aliphatic rings. The number of rotatable bonds is 7. The number of hydrogen-bond acceptors (Lipinski definition) is 5. The van der Waals surface area contributed by atoms with Crippen LogP contribution < -0.4 is 10.1 Å². The molecule has 158 valence electrons. The summed E-state index contributed by atoms with van der Waals surface area (Å²) in [5, 5.41) is 7.63. The van der Waals surface area contributed by atoms with Gasteiger partial charge in [0.15, 0.2) is 5.69 Å². The van der Waals surface area contributed by atoms with Crippen molar-refractivity contribution in [2.45, 2.75) is 39.9 Å². The van der Waals surface area contributed by atoms with Gasteiger partial charge in [0.2, 0.25) is 0 Å². The van der Waals surface area contributed by atoms with Crippen LogP contribution in [-0.4, -0.2) is 50.8 Å². The predicted octanol–water partition coefficient (Wildman–Crippen LogP) is 2.28. The van der Waals surface area contributed by atoms with Crippen LogP contribution in [0.5, 0.6) is 5.75 Å². The Balaban J connectivity index is 1.62. The number of aromatic amines is 1. The number of carbonyl (C=O) groups is 1. The van der Waals surface area contributed by atoms with E-state index in [1.165, 1.54) is 0 Å². The van der Waals surface area contributed by atoms with E-state index >= 15 is 0 Å². The quantitative estimate of drug-likeness (QED) is 0.626. The number of H-pyrrole nitrogens is 1. The Morgan fingerprint density at radius 3 is 2.93 bits per heavy atom. The lowest BCUT2D eigenvalue weighted by atomic mass is 10.0. The summed E-state index contributed by atoms with van der Waals surface area (Å²) in [6.45, 7) is 7.48. The first kappa shape index (κ1) is 20.2. The topological polar surface area (TPSA) is 88.1 Å². The average molecular weight is 409 g/mol. The van der Waals surface area contributed by atoms with Gasteiger partial charge in [-0.2, -0.15) is 5.10 Å². The van der Waals surface area contributed by atoms with Crippen LogP contribution >= 0.6 is 0 Å². The van der Waals surface area contributed by atoms with E-state index in [1.807, 2.05) is 36.7 Å². The van der Waals surface area contributed by atoms with Gasteiger partial charge < -0.3 is 15.0 Å². The van der Waals surface area contributed by atoms with Crippen molar-refractivity contribution in [2.24, 2.45) is 0 Å². The maximum atomic E-state index is 12.7. The SMILES string of the molecule is CCNC(=O)c1nn(Cc2cccc(OC)c2)c2c1CN(Cc1nc[nH]c1C)CC2.